The van der Waals surface area contributed by atoms with Crippen LogP contribution in [0, 0.1) is 11.8 Å². The molecule has 0 aliphatic rings. The molecule has 0 radical (unpaired) electrons. The van der Waals surface area contributed by atoms with E-state index in [2.05, 4.69) is 76.2 Å². The van der Waals surface area contributed by atoms with Crippen LogP contribution < -0.4 is 0 Å². The smallest absolute Gasteiger partial charge is 0.192 e. The second-order valence-electron chi connectivity index (χ2n) is 8.89. The van der Waals surface area contributed by atoms with Crippen molar-refractivity contribution in [3.05, 3.63) is 77.2 Å². The third kappa shape index (κ3) is 6.21. The molecule has 0 N–H and O–H groups in total. The molecular weight excluding hydrogens is 430 g/mol. The van der Waals surface area contributed by atoms with Gasteiger partial charge in [0.1, 0.15) is 0 Å². The van der Waals surface area contributed by atoms with Gasteiger partial charge >= 0.3 is 0 Å². The second-order valence-corrected chi connectivity index (χ2v) is 15.8. The Kier molecular flexibility index (Phi) is 9.93. The molecule has 0 amide bonds. The maximum absolute atomic E-state index is 13.8. The predicted molar refractivity (Wildman–Crippen MR) is 141 cm³/mol. The highest BCUT2D eigenvalue weighted by atomic mass is 32.2. The first-order valence-electron chi connectivity index (χ1n) is 11.9. The Hall–Kier alpha value is -1.69. The zero-order valence-electron chi connectivity index (χ0n) is 20.9. The van der Waals surface area contributed by atoms with E-state index in [4.69, 9.17) is 4.43 Å². The predicted octanol–water partition coefficient (Wildman–Crippen LogP) is 8.08. The van der Waals surface area contributed by atoms with Crippen LogP contribution >= 0.6 is 0 Å². The monoisotopic (exact) mass is 471 g/mol. The summed E-state index contributed by atoms with van der Waals surface area (Å²) in [5.41, 5.74) is 2.28. The highest BCUT2D eigenvalue weighted by Gasteiger charge is 2.37. The van der Waals surface area contributed by atoms with E-state index in [1.54, 1.807) is 7.05 Å². The van der Waals surface area contributed by atoms with Gasteiger partial charge in [-0.05, 0) is 48.7 Å². The average molecular weight is 472 g/mol. The Balaban J connectivity index is 2.62. The van der Waals surface area contributed by atoms with Gasteiger partial charge in [-0.1, -0.05) is 88.7 Å². The molecule has 32 heavy (non-hydrogen) atoms. The van der Waals surface area contributed by atoms with Gasteiger partial charge < -0.3 is 4.43 Å². The van der Waals surface area contributed by atoms with E-state index >= 15 is 0 Å². The van der Waals surface area contributed by atoms with Crippen LogP contribution in [0.5, 0.6) is 0 Å². The number of hydrogen-bond acceptors (Lipinski definition) is 3. The third-order valence-electron chi connectivity index (χ3n) is 6.71. The molecule has 2 aromatic rings. The quantitative estimate of drug-likeness (QED) is 0.311. The molecule has 5 heteroatoms. The number of rotatable bonds is 11. The lowest BCUT2D eigenvalue weighted by molar-refractivity contribution is 0.114. The van der Waals surface area contributed by atoms with E-state index in [0.717, 1.165) is 28.6 Å². The Morgan fingerprint density at radius 2 is 1.47 bits per heavy atom. The lowest BCUT2D eigenvalue weighted by Crippen LogP contribution is -2.40. The van der Waals surface area contributed by atoms with Crippen molar-refractivity contribution in [3.63, 3.8) is 0 Å². The average Bonchev–Trinajstić information content (AvgIpc) is 2.82. The summed E-state index contributed by atoms with van der Waals surface area (Å²) in [5.74, 6) is 0.435. The van der Waals surface area contributed by atoms with Crippen LogP contribution in [-0.2, 0) is 14.2 Å². The van der Waals surface area contributed by atoms with Crippen molar-refractivity contribution in [1.29, 1.82) is 0 Å². The largest absolute Gasteiger partial charge is 0.409 e. The van der Waals surface area contributed by atoms with Crippen molar-refractivity contribution in [3.8, 4) is 0 Å². The zero-order chi connectivity index (χ0) is 23.8. The zero-order valence-corrected chi connectivity index (χ0v) is 22.7. The SMILES string of the molecule is CC[Si](CC)(CC)O[C@@H](c1ccccc1)[C@@H](/C(C)=C/S(=O)(=NC)c1ccccc1)C(C)C. The first-order chi connectivity index (χ1) is 15.3. The minimum Gasteiger partial charge on any atom is -0.409 e. The highest BCUT2D eigenvalue weighted by molar-refractivity contribution is 7.96. The van der Waals surface area contributed by atoms with Crippen LogP contribution in [0.3, 0.4) is 0 Å². The Morgan fingerprint density at radius 3 is 1.91 bits per heavy atom. The number of nitrogens with zero attached hydrogens (tertiary/aromatic N) is 1. The molecule has 0 aliphatic heterocycles. The van der Waals surface area contributed by atoms with Gasteiger partial charge in [0.15, 0.2) is 8.32 Å². The molecule has 0 bridgehead atoms. The van der Waals surface area contributed by atoms with Gasteiger partial charge in [-0.25, -0.2) is 8.57 Å². The minimum absolute atomic E-state index is 0.0600. The summed E-state index contributed by atoms with van der Waals surface area (Å²) in [5, 5.41) is 1.90. The molecule has 0 aromatic heterocycles. The summed E-state index contributed by atoms with van der Waals surface area (Å²) in [7, 11) is -2.86. The molecule has 0 aliphatic carbocycles. The molecule has 0 heterocycles. The molecule has 0 fully saturated rings. The fourth-order valence-electron chi connectivity index (χ4n) is 4.55. The first-order valence-corrected chi connectivity index (χ1v) is 16.0. The molecule has 3 atom stereocenters. The minimum atomic E-state index is -2.64. The Morgan fingerprint density at radius 1 is 0.969 bits per heavy atom. The summed E-state index contributed by atoms with van der Waals surface area (Å²) in [6.45, 7) is 13.4. The van der Waals surface area contributed by atoms with Gasteiger partial charge in [0.05, 0.1) is 20.7 Å². The second kappa shape index (κ2) is 12.0. The maximum atomic E-state index is 13.8. The number of hydrogen-bond donors (Lipinski definition) is 0. The highest BCUT2D eigenvalue weighted by Crippen LogP contribution is 2.41. The van der Waals surface area contributed by atoms with Crippen LogP contribution in [0.15, 0.2) is 80.9 Å². The van der Waals surface area contributed by atoms with Gasteiger partial charge in [-0.15, -0.1) is 0 Å². The first kappa shape index (κ1) is 26.6. The molecule has 2 rings (SSSR count). The standard InChI is InChI=1S/C27H41NO2SSi/c1-8-32(9-2,10-3)30-27(24-17-13-11-14-18-24)26(22(4)5)23(6)21-31(29,28-7)25-19-15-12-16-20-25/h11-22,26-27H,8-10H2,1-7H3/b23-21+/t26-,27+,31?/m1/s1. The molecule has 1 unspecified atom stereocenters. The fraction of sp³-hybridized carbons (Fsp3) is 0.481. The Bertz CT molecular complexity index is 967. The normalized spacial score (nSPS) is 16.4. The van der Waals surface area contributed by atoms with E-state index in [1.165, 1.54) is 5.56 Å². The topological polar surface area (TPSA) is 38.7 Å². The van der Waals surface area contributed by atoms with Crippen molar-refractivity contribution in [2.45, 2.75) is 70.7 Å². The van der Waals surface area contributed by atoms with Crippen molar-refractivity contribution in [2.24, 2.45) is 16.2 Å². The third-order valence-corrected chi connectivity index (χ3v) is 13.5. The van der Waals surface area contributed by atoms with Crippen LogP contribution in [0.4, 0.5) is 0 Å². The van der Waals surface area contributed by atoms with Crippen molar-refractivity contribution in [2.75, 3.05) is 7.05 Å². The Labute approximate surface area is 197 Å². The van der Waals surface area contributed by atoms with E-state index in [-0.39, 0.29) is 12.0 Å². The van der Waals surface area contributed by atoms with Crippen LogP contribution in [0.2, 0.25) is 18.1 Å². The molecule has 176 valence electrons. The van der Waals surface area contributed by atoms with E-state index in [1.807, 2.05) is 35.7 Å². The van der Waals surface area contributed by atoms with Crippen molar-refractivity contribution in [1.82, 2.24) is 0 Å². The summed E-state index contributed by atoms with van der Waals surface area (Å²) >= 11 is 0. The summed E-state index contributed by atoms with van der Waals surface area (Å²) < 4.78 is 25.3. The molecule has 0 saturated carbocycles. The fourth-order valence-corrected chi connectivity index (χ4v) is 9.03. The van der Waals surface area contributed by atoms with Gasteiger partial charge in [0.2, 0.25) is 0 Å². The molecule has 0 saturated heterocycles. The molecule has 3 nitrogen and oxygen atoms in total. The van der Waals surface area contributed by atoms with E-state index < -0.39 is 18.0 Å². The molecule has 0 spiro atoms. The maximum Gasteiger partial charge on any atom is 0.192 e. The lowest BCUT2D eigenvalue weighted by atomic mass is 9.82. The van der Waals surface area contributed by atoms with E-state index in [9.17, 15) is 4.21 Å². The van der Waals surface area contributed by atoms with Crippen LogP contribution in [0.25, 0.3) is 0 Å². The van der Waals surface area contributed by atoms with Gasteiger partial charge in [-0.3, -0.25) is 0 Å². The van der Waals surface area contributed by atoms with Gasteiger partial charge in [0, 0.05) is 18.4 Å². The molecular formula is C27H41NO2SSi. The molecule has 2 aromatic carbocycles. The van der Waals surface area contributed by atoms with Crippen LogP contribution in [-0.4, -0.2) is 19.6 Å². The number of benzene rings is 2. The van der Waals surface area contributed by atoms with Gasteiger partial charge in [-0.2, -0.15) is 0 Å². The van der Waals surface area contributed by atoms with Crippen molar-refractivity contribution < 1.29 is 8.63 Å². The van der Waals surface area contributed by atoms with Gasteiger partial charge in [0.25, 0.3) is 0 Å². The van der Waals surface area contributed by atoms with Crippen molar-refractivity contribution >= 4 is 18.0 Å². The van der Waals surface area contributed by atoms with Crippen LogP contribution in [0.1, 0.15) is 53.2 Å². The lowest BCUT2D eigenvalue weighted by Gasteiger charge is -2.39. The summed E-state index contributed by atoms with van der Waals surface area (Å²) in [6, 6.07) is 23.4. The summed E-state index contributed by atoms with van der Waals surface area (Å²) in [6.07, 6.45) is -0.0600. The summed E-state index contributed by atoms with van der Waals surface area (Å²) in [4.78, 5) is 0.751. The van der Waals surface area contributed by atoms with E-state index in [0.29, 0.717) is 5.92 Å².